The van der Waals surface area contributed by atoms with Crippen LogP contribution in [0, 0.1) is 17.8 Å². The molecule has 67 valence electrons. The largest absolute Gasteiger partial charge is 0.192 e. The second kappa shape index (κ2) is 5.37. The molecule has 13 heavy (non-hydrogen) atoms. The highest BCUT2D eigenvalue weighted by Gasteiger charge is 1.93. The van der Waals surface area contributed by atoms with E-state index in [2.05, 4.69) is 19.4 Å². The third-order valence-electron chi connectivity index (χ3n) is 1.96. The molecule has 0 saturated heterocycles. The minimum absolute atomic E-state index is 0.735. The summed E-state index contributed by atoms with van der Waals surface area (Å²) in [6, 6.07) is 9.89. The van der Waals surface area contributed by atoms with Crippen molar-refractivity contribution >= 4 is 0 Å². The third-order valence-corrected chi connectivity index (χ3v) is 1.96. The van der Waals surface area contributed by atoms with Gasteiger partial charge in [0.15, 0.2) is 0 Å². The molecular formula is C12H14N. The Morgan fingerprint density at radius 1 is 1.31 bits per heavy atom. The zero-order valence-corrected chi connectivity index (χ0v) is 7.96. The van der Waals surface area contributed by atoms with E-state index in [9.17, 15) is 0 Å². The first-order chi connectivity index (χ1) is 6.36. The molecule has 0 spiro atoms. The second-order valence-corrected chi connectivity index (χ2v) is 3.09. The topological polar surface area (TPSA) is 23.8 Å². The van der Waals surface area contributed by atoms with Crippen LogP contribution >= 0.6 is 0 Å². The summed E-state index contributed by atoms with van der Waals surface area (Å²) in [4.78, 5) is 0. The summed E-state index contributed by atoms with van der Waals surface area (Å²) >= 11 is 0. The molecule has 1 heteroatoms. The summed E-state index contributed by atoms with van der Waals surface area (Å²) in [6.45, 7) is 2.18. The molecule has 1 radical (unpaired) electrons. The zero-order valence-electron chi connectivity index (χ0n) is 7.96. The van der Waals surface area contributed by atoms with Crippen molar-refractivity contribution in [2.24, 2.45) is 0 Å². The third kappa shape index (κ3) is 3.29. The van der Waals surface area contributed by atoms with Crippen LogP contribution in [0.2, 0.25) is 0 Å². The maximum absolute atomic E-state index is 8.58. The predicted octanol–water partition coefficient (Wildman–Crippen LogP) is 3.11. The highest BCUT2D eigenvalue weighted by Crippen LogP contribution is 2.07. The molecule has 1 rings (SSSR count). The first-order valence-electron chi connectivity index (χ1n) is 4.67. The van der Waals surface area contributed by atoms with Gasteiger partial charge < -0.3 is 0 Å². The van der Waals surface area contributed by atoms with E-state index in [-0.39, 0.29) is 0 Å². The highest BCUT2D eigenvalue weighted by atomic mass is 14.2. The van der Waals surface area contributed by atoms with Crippen LogP contribution in [0.15, 0.2) is 24.3 Å². The van der Waals surface area contributed by atoms with E-state index in [1.807, 2.05) is 24.3 Å². The lowest BCUT2D eigenvalue weighted by Crippen LogP contribution is -1.86. The molecule has 0 heterocycles. The minimum Gasteiger partial charge on any atom is -0.192 e. The number of unbranched alkanes of at least 4 members (excludes halogenated alkanes) is 2. The van der Waals surface area contributed by atoms with Crippen molar-refractivity contribution in [2.45, 2.75) is 26.2 Å². The van der Waals surface area contributed by atoms with Gasteiger partial charge in [0, 0.05) is 0 Å². The molecule has 0 aromatic heterocycles. The Morgan fingerprint density at radius 3 is 2.54 bits per heavy atom. The number of hydrogen-bond acceptors (Lipinski definition) is 1. The van der Waals surface area contributed by atoms with Crippen LogP contribution in [0.1, 0.15) is 30.9 Å². The number of benzene rings is 1. The summed E-state index contributed by atoms with van der Waals surface area (Å²) in [7, 11) is 0. The van der Waals surface area contributed by atoms with Crippen molar-refractivity contribution in [3.63, 3.8) is 0 Å². The van der Waals surface area contributed by atoms with Gasteiger partial charge in [-0.1, -0.05) is 31.9 Å². The molecule has 1 aromatic carbocycles. The van der Waals surface area contributed by atoms with Crippen LogP contribution in [0.25, 0.3) is 0 Å². The van der Waals surface area contributed by atoms with Crippen molar-refractivity contribution < 1.29 is 0 Å². The molecule has 0 amide bonds. The molecule has 0 aliphatic heterocycles. The lowest BCUT2D eigenvalue weighted by atomic mass is 10.1. The molecule has 0 saturated carbocycles. The van der Waals surface area contributed by atoms with Crippen molar-refractivity contribution in [1.82, 2.24) is 0 Å². The number of nitriles is 1. The zero-order chi connectivity index (χ0) is 9.52. The minimum atomic E-state index is 0.735. The maximum Gasteiger partial charge on any atom is 0.0991 e. The summed E-state index contributed by atoms with van der Waals surface area (Å²) in [5.41, 5.74) is 2.02. The average molecular weight is 172 g/mol. The fourth-order valence-electron chi connectivity index (χ4n) is 1.19. The van der Waals surface area contributed by atoms with Crippen molar-refractivity contribution in [3.05, 3.63) is 41.8 Å². The van der Waals surface area contributed by atoms with E-state index in [0.29, 0.717) is 0 Å². The maximum atomic E-state index is 8.58. The van der Waals surface area contributed by atoms with Crippen molar-refractivity contribution in [1.29, 1.82) is 5.26 Å². The molecule has 0 aliphatic rings. The first-order valence-corrected chi connectivity index (χ1v) is 4.67. The summed E-state index contributed by atoms with van der Waals surface area (Å²) in [5.74, 6) is 0. The number of hydrogen-bond donors (Lipinski definition) is 0. The van der Waals surface area contributed by atoms with Crippen LogP contribution in [0.3, 0.4) is 0 Å². The van der Waals surface area contributed by atoms with Gasteiger partial charge in [-0.05, 0) is 30.5 Å². The van der Waals surface area contributed by atoms with E-state index in [1.54, 1.807) is 0 Å². The van der Waals surface area contributed by atoms with Crippen molar-refractivity contribution in [3.8, 4) is 6.07 Å². The van der Waals surface area contributed by atoms with Crippen LogP contribution in [0.5, 0.6) is 0 Å². The molecule has 0 N–H and O–H groups in total. The quantitative estimate of drug-likeness (QED) is 0.640. The number of rotatable bonds is 4. The van der Waals surface area contributed by atoms with Gasteiger partial charge in [-0.15, -0.1) is 0 Å². The van der Waals surface area contributed by atoms with Gasteiger partial charge in [0.05, 0.1) is 11.6 Å². The smallest absolute Gasteiger partial charge is 0.0991 e. The second-order valence-electron chi connectivity index (χ2n) is 3.09. The molecule has 1 nitrogen and oxygen atoms in total. The van der Waals surface area contributed by atoms with Gasteiger partial charge in [0.2, 0.25) is 0 Å². The van der Waals surface area contributed by atoms with E-state index in [1.165, 1.54) is 18.4 Å². The Balaban J connectivity index is 2.46. The van der Waals surface area contributed by atoms with Gasteiger partial charge in [-0.2, -0.15) is 5.26 Å². The van der Waals surface area contributed by atoms with Crippen LogP contribution in [-0.2, 0) is 6.42 Å². The lowest BCUT2D eigenvalue weighted by molar-refractivity contribution is 0.864. The van der Waals surface area contributed by atoms with E-state index < -0.39 is 0 Å². The van der Waals surface area contributed by atoms with Gasteiger partial charge in [-0.3, -0.25) is 0 Å². The predicted molar refractivity (Wildman–Crippen MR) is 54.1 cm³/mol. The Bertz CT molecular complexity index is 279. The Morgan fingerprint density at radius 2 is 2.00 bits per heavy atom. The lowest BCUT2D eigenvalue weighted by Gasteiger charge is -1.99. The molecule has 0 bridgehead atoms. The fraction of sp³-hybridized carbons (Fsp3) is 0.333. The SMILES string of the molecule is CCC[CH]Cc1ccc(C#N)cc1. The monoisotopic (exact) mass is 172 g/mol. The summed E-state index contributed by atoms with van der Waals surface area (Å²) in [5, 5.41) is 8.58. The molecular weight excluding hydrogens is 158 g/mol. The average Bonchev–Trinajstić information content (AvgIpc) is 2.19. The van der Waals surface area contributed by atoms with Gasteiger partial charge in [0.1, 0.15) is 0 Å². The molecule has 0 aliphatic carbocycles. The summed E-state index contributed by atoms with van der Waals surface area (Å²) in [6.07, 6.45) is 5.66. The van der Waals surface area contributed by atoms with E-state index in [4.69, 9.17) is 5.26 Å². The normalized spacial score (nSPS) is 9.54. The Hall–Kier alpha value is -1.29. The van der Waals surface area contributed by atoms with Crippen LogP contribution in [-0.4, -0.2) is 0 Å². The van der Waals surface area contributed by atoms with E-state index in [0.717, 1.165) is 12.0 Å². The van der Waals surface area contributed by atoms with Gasteiger partial charge in [-0.25, -0.2) is 0 Å². The highest BCUT2D eigenvalue weighted by molar-refractivity contribution is 5.31. The molecule has 0 fully saturated rings. The van der Waals surface area contributed by atoms with Gasteiger partial charge in [0.25, 0.3) is 0 Å². The van der Waals surface area contributed by atoms with E-state index >= 15 is 0 Å². The first kappa shape index (κ1) is 9.80. The molecule has 0 unspecified atom stereocenters. The Kier molecular flexibility index (Phi) is 4.05. The Labute approximate surface area is 80.0 Å². The summed E-state index contributed by atoms with van der Waals surface area (Å²) < 4.78 is 0. The number of nitrogens with zero attached hydrogens (tertiary/aromatic N) is 1. The van der Waals surface area contributed by atoms with Crippen molar-refractivity contribution in [2.75, 3.05) is 0 Å². The molecule has 0 atom stereocenters. The van der Waals surface area contributed by atoms with Gasteiger partial charge >= 0.3 is 0 Å². The standard InChI is InChI=1S/C12H14N/c1-2-3-4-5-11-6-8-12(10-13)9-7-11/h4,6-9H,2-3,5H2,1H3. The van der Waals surface area contributed by atoms with Crippen LogP contribution in [0.4, 0.5) is 0 Å². The fourth-order valence-corrected chi connectivity index (χ4v) is 1.19. The molecule has 1 aromatic rings. The van der Waals surface area contributed by atoms with Crippen LogP contribution < -0.4 is 0 Å².